The molecule has 0 aliphatic carbocycles. The molecule has 1 aromatic carbocycles. The molecular formula is C13H17F3N2O. The second-order valence-electron chi connectivity index (χ2n) is 4.77. The maximum atomic E-state index is 12.7. The first-order valence-corrected chi connectivity index (χ1v) is 6.11. The summed E-state index contributed by atoms with van der Waals surface area (Å²) in [5.41, 5.74) is 1.45. The Morgan fingerprint density at radius 3 is 2.79 bits per heavy atom. The molecule has 1 heterocycles. The topological polar surface area (TPSA) is 24.5 Å². The fourth-order valence-electron chi connectivity index (χ4n) is 2.26. The first-order valence-electron chi connectivity index (χ1n) is 6.11. The summed E-state index contributed by atoms with van der Waals surface area (Å²) < 4.78 is 43.1. The van der Waals surface area contributed by atoms with Crippen molar-refractivity contribution in [3.8, 4) is 5.75 Å². The van der Waals surface area contributed by atoms with Crippen LogP contribution in [0.2, 0.25) is 0 Å². The molecule has 1 unspecified atom stereocenters. The Balaban J connectivity index is 2.36. The molecule has 1 aliphatic heterocycles. The number of halogens is 3. The van der Waals surface area contributed by atoms with Crippen molar-refractivity contribution in [1.82, 2.24) is 5.32 Å². The van der Waals surface area contributed by atoms with Crippen LogP contribution in [0.25, 0.3) is 0 Å². The standard InChI is InChI=1S/C13H17F3N2O/c1-9-7-18(8-13(14,15)16)12-5-11(19-2)4-3-10(12)6-17-9/h3-5,9,17H,6-8H2,1-2H3. The van der Waals surface area contributed by atoms with Crippen molar-refractivity contribution in [2.24, 2.45) is 0 Å². The maximum absolute atomic E-state index is 12.7. The van der Waals surface area contributed by atoms with Crippen LogP contribution in [-0.4, -0.2) is 32.4 Å². The fraction of sp³-hybridized carbons (Fsp3) is 0.538. The lowest BCUT2D eigenvalue weighted by atomic mass is 10.1. The van der Waals surface area contributed by atoms with E-state index in [1.807, 2.05) is 13.0 Å². The molecule has 2 rings (SSSR count). The zero-order valence-corrected chi connectivity index (χ0v) is 10.9. The minimum absolute atomic E-state index is 0.000690. The normalized spacial score (nSPS) is 19.8. The number of nitrogens with zero attached hydrogens (tertiary/aromatic N) is 1. The number of rotatable bonds is 2. The van der Waals surface area contributed by atoms with Crippen molar-refractivity contribution < 1.29 is 17.9 Å². The van der Waals surface area contributed by atoms with Gasteiger partial charge in [0, 0.05) is 30.9 Å². The van der Waals surface area contributed by atoms with Crippen LogP contribution < -0.4 is 15.0 Å². The Morgan fingerprint density at radius 2 is 2.16 bits per heavy atom. The summed E-state index contributed by atoms with van der Waals surface area (Å²) in [7, 11) is 1.51. The monoisotopic (exact) mass is 274 g/mol. The van der Waals surface area contributed by atoms with Gasteiger partial charge in [-0.15, -0.1) is 0 Å². The molecule has 0 spiro atoms. The number of nitrogens with one attached hydrogen (secondary N) is 1. The quantitative estimate of drug-likeness (QED) is 0.897. The minimum Gasteiger partial charge on any atom is -0.497 e. The molecule has 0 aromatic heterocycles. The number of hydrogen-bond acceptors (Lipinski definition) is 3. The predicted molar refractivity (Wildman–Crippen MR) is 67.6 cm³/mol. The van der Waals surface area contributed by atoms with Crippen molar-refractivity contribution in [2.75, 3.05) is 25.1 Å². The Bertz CT molecular complexity index is 448. The molecule has 0 saturated heterocycles. The van der Waals surface area contributed by atoms with E-state index >= 15 is 0 Å². The van der Waals surface area contributed by atoms with Crippen LogP contribution in [0.15, 0.2) is 18.2 Å². The summed E-state index contributed by atoms with van der Waals surface area (Å²) in [5, 5.41) is 3.20. The Hall–Kier alpha value is -1.43. The van der Waals surface area contributed by atoms with Crippen molar-refractivity contribution in [3.63, 3.8) is 0 Å². The van der Waals surface area contributed by atoms with E-state index in [4.69, 9.17) is 4.74 Å². The van der Waals surface area contributed by atoms with Crippen LogP contribution in [0.3, 0.4) is 0 Å². The van der Waals surface area contributed by atoms with Crippen LogP contribution >= 0.6 is 0 Å². The van der Waals surface area contributed by atoms with E-state index in [1.54, 1.807) is 12.1 Å². The highest BCUT2D eigenvalue weighted by Crippen LogP contribution is 2.30. The number of methoxy groups -OCH3 is 1. The average molecular weight is 274 g/mol. The fourth-order valence-corrected chi connectivity index (χ4v) is 2.26. The van der Waals surface area contributed by atoms with Crippen LogP contribution in [0, 0.1) is 0 Å². The van der Waals surface area contributed by atoms with Crippen LogP contribution in [0.1, 0.15) is 12.5 Å². The Morgan fingerprint density at radius 1 is 1.42 bits per heavy atom. The highest BCUT2D eigenvalue weighted by molar-refractivity contribution is 5.58. The van der Waals surface area contributed by atoms with E-state index in [9.17, 15) is 13.2 Å². The molecule has 1 N–H and O–H groups in total. The molecule has 6 heteroatoms. The third-order valence-electron chi connectivity index (χ3n) is 3.14. The van der Waals surface area contributed by atoms with E-state index in [0.717, 1.165) is 5.56 Å². The van der Waals surface area contributed by atoms with Gasteiger partial charge in [-0.05, 0) is 18.6 Å². The number of fused-ring (bicyclic) bond motifs is 1. The molecule has 3 nitrogen and oxygen atoms in total. The molecule has 0 amide bonds. The van der Waals surface area contributed by atoms with Gasteiger partial charge in [0.15, 0.2) is 0 Å². The lowest BCUT2D eigenvalue weighted by Crippen LogP contribution is -2.41. The summed E-state index contributed by atoms with van der Waals surface area (Å²) in [6.45, 7) is 1.82. The van der Waals surface area contributed by atoms with Crippen molar-refractivity contribution in [3.05, 3.63) is 23.8 Å². The van der Waals surface area contributed by atoms with E-state index in [-0.39, 0.29) is 6.04 Å². The van der Waals surface area contributed by atoms with E-state index in [0.29, 0.717) is 24.5 Å². The van der Waals surface area contributed by atoms with Gasteiger partial charge >= 0.3 is 6.18 Å². The number of benzene rings is 1. The summed E-state index contributed by atoms with van der Waals surface area (Å²) in [6, 6.07) is 5.24. The predicted octanol–water partition coefficient (Wildman–Crippen LogP) is 2.56. The smallest absolute Gasteiger partial charge is 0.405 e. The summed E-state index contributed by atoms with van der Waals surface area (Å²) in [4.78, 5) is 1.36. The second-order valence-corrected chi connectivity index (χ2v) is 4.77. The van der Waals surface area contributed by atoms with E-state index in [2.05, 4.69) is 5.32 Å². The van der Waals surface area contributed by atoms with Crippen LogP contribution in [-0.2, 0) is 6.54 Å². The third kappa shape index (κ3) is 3.53. The number of anilines is 1. The molecule has 0 saturated carbocycles. The Labute approximate surface area is 110 Å². The zero-order valence-electron chi connectivity index (χ0n) is 10.9. The summed E-state index contributed by atoms with van der Waals surface area (Å²) >= 11 is 0. The molecule has 1 aromatic rings. The minimum atomic E-state index is -4.22. The average Bonchev–Trinajstić information content (AvgIpc) is 2.47. The molecule has 1 atom stereocenters. The first kappa shape index (κ1) is 14.0. The molecule has 19 heavy (non-hydrogen) atoms. The SMILES string of the molecule is COc1ccc2c(c1)N(CC(F)(F)F)CC(C)NC2. The van der Waals surface area contributed by atoms with Gasteiger partial charge in [-0.1, -0.05) is 6.07 Å². The van der Waals surface area contributed by atoms with E-state index < -0.39 is 12.7 Å². The van der Waals surface area contributed by atoms with Gasteiger partial charge in [-0.3, -0.25) is 0 Å². The molecule has 1 aliphatic rings. The van der Waals surface area contributed by atoms with Gasteiger partial charge in [-0.2, -0.15) is 13.2 Å². The Kier molecular flexibility index (Phi) is 3.89. The lowest BCUT2D eigenvalue weighted by molar-refractivity contribution is -0.119. The van der Waals surface area contributed by atoms with Gasteiger partial charge in [-0.25, -0.2) is 0 Å². The molecular weight excluding hydrogens is 257 g/mol. The van der Waals surface area contributed by atoms with Crippen molar-refractivity contribution in [2.45, 2.75) is 25.7 Å². The van der Waals surface area contributed by atoms with E-state index in [1.165, 1.54) is 12.0 Å². The molecule has 0 fully saturated rings. The molecule has 0 radical (unpaired) electrons. The highest BCUT2D eigenvalue weighted by Gasteiger charge is 2.33. The number of alkyl halides is 3. The second kappa shape index (κ2) is 5.28. The third-order valence-corrected chi connectivity index (χ3v) is 3.14. The number of ether oxygens (including phenoxy) is 1. The van der Waals surface area contributed by atoms with Gasteiger partial charge in [0.1, 0.15) is 12.3 Å². The first-order chi connectivity index (χ1) is 8.89. The lowest BCUT2D eigenvalue weighted by Gasteiger charge is -2.27. The van der Waals surface area contributed by atoms with Gasteiger partial charge in [0.05, 0.1) is 7.11 Å². The zero-order chi connectivity index (χ0) is 14.0. The molecule has 106 valence electrons. The van der Waals surface area contributed by atoms with Crippen LogP contribution in [0.4, 0.5) is 18.9 Å². The highest BCUT2D eigenvalue weighted by atomic mass is 19.4. The maximum Gasteiger partial charge on any atom is 0.405 e. The van der Waals surface area contributed by atoms with Gasteiger partial charge < -0.3 is 15.0 Å². The van der Waals surface area contributed by atoms with Crippen molar-refractivity contribution in [1.29, 1.82) is 0 Å². The van der Waals surface area contributed by atoms with Crippen molar-refractivity contribution >= 4 is 5.69 Å². The summed E-state index contributed by atoms with van der Waals surface area (Å²) in [5.74, 6) is 0.570. The van der Waals surface area contributed by atoms with Gasteiger partial charge in [0.25, 0.3) is 0 Å². The van der Waals surface area contributed by atoms with Gasteiger partial charge in [0.2, 0.25) is 0 Å². The molecule has 0 bridgehead atoms. The number of hydrogen-bond donors (Lipinski definition) is 1. The largest absolute Gasteiger partial charge is 0.497 e. The summed E-state index contributed by atoms with van der Waals surface area (Å²) in [6.07, 6.45) is -4.22. The van der Waals surface area contributed by atoms with Crippen LogP contribution in [0.5, 0.6) is 5.75 Å².